The van der Waals surface area contributed by atoms with E-state index in [0.29, 0.717) is 31.0 Å². The third kappa shape index (κ3) is 6.38. The molecule has 0 N–H and O–H groups in total. The fourth-order valence-corrected chi connectivity index (χ4v) is 3.88. The zero-order chi connectivity index (χ0) is 21.2. The Morgan fingerprint density at radius 1 is 0.897 bits per heavy atom. The van der Waals surface area contributed by atoms with Crippen LogP contribution in [-0.4, -0.2) is 33.4 Å². The lowest BCUT2D eigenvalue weighted by Crippen LogP contribution is -2.20. The molecule has 2 aromatic rings. The highest BCUT2D eigenvalue weighted by atomic mass is 31.1. The molecule has 5 nitrogen and oxygen atoms in total. The van der Waals surface area contributed by atoms with E-state index in [0.717, 1.165) is 29.6 Å². The van der Waals surface area contributed by atoms with Gasteiger partial charge in [-0.05, 0) is 37.1 Å². The smallest absolute Gasteiger partial charge is 0.132 e. The van der Waals surface area contributed by atoms with Crippen molar-refractivity contribution in [3.05, 3.63) is 41.5 Å². The van der Waals surface area contributed by atoms with Crippen LogP contribution >= 0.6 is 8.20 Å². The molecular formula is C23H30O5P-. The van der Waals surface area contributed by atoms with Gasteiger partial charge in [0.25, 0.3) is 0 Å². The van der Waals surface area contributed by atoms with Gasteiger partial charge in [-0.2, -0.15) is 0 Å². The van der Waals surface area contributed by atoms with Crippen molar-refractivity contribution in [1.29, 1.82) is 0 Å². The molecule has 0 aliphatic rings. The van der Waals surface area contributed by atoms with Crippen LogP contribution in [0.5, 0.6) is 23.0 Å². The van der Waals surface area contributed by atoms with E-state index in [1.54, 1.807) is 19.2 Å². The third-order valence-electron chi connectivity index (χ3n) is 4.59. The van der Waals surface area contributed by atoms with Crippen molar-refractivity contribution in [2.75, 3.05) is 27.9 Å². The van der Waals surface area contributed by atoms with Crippen LogP contribution < -0.4 is 29.4 Å². The van der Waals surface area contributed by atoms with Crippen LogP contribution in [0.15, 0.2) is 30.3 Å². The van der Waals surface area contributed by atoms with Gasteiger partial charge in [0, 0.05) is 17.4 Å². The second kappa shape index (κ2) is 11.7. The Balaban J connectivity index is 2.23. The molecule has 29 heavy (non-hydrogen) atoms. The van der Waals surface area contributed by atoms with E-state index >= 15 is 0 Å². The molecule has 0 heterocycles. The molecule has 0 atom stereocenters. The Hall–Kier alpha value is -2.23. The molecule has 2 rings (SSSR count). The first-order valence-corrected chi connectivity index (χ1v) is 10.7. The molecule has 0 radical (unpaired) electrons. The summed E-state index contributed by atoms with van der Waals surface area (Å²) in [5, 5.41) is 14.0. The van der Waals surface area contributed by atoms with E-state index in [1.807, 2.05) is 25.1 Å². The van der Waals surface area contributed by atoms with Crippen LogP contribution in [0.4, 0.5) is 0 Å². The third-order valence-corrected chi connectivity index (χ3v) is 5.76. The fourth-order valence-electron chi connectivity index (χ4n) is 2.94. The second-order valence-corrected chi connectivity index (χ2v) is 7.79. The molecule has 0 aliphatic carbocycles. The summed E-state index contributed by atoms with van der Waals surface area (Å²) >= 11 is 0. The van der Waals surface area contributed by atoms with Gasteiger partial charge < -0.3 is 24.1 Å². The predicted molar refractivity (Wildman–Crippen MR) is 118 cm³/mol. The van der Waals surface area contributed by atoms with E-state index in [4.69, 9.17) is 18.9 Å². The summed E-state index contributed by atoms with van der Waals surface area (Å²) in [7, 11) is 5.16. The van der Waals surface area contributed by atoms with Crippen molar-refractivity contribution >= 4 is 19.0 Å². The Labute approximate surface area is 175 Å². The molecular weight excluding hydrogens is 387 g/mol. The highest BCUT2D eigenvalue weighted by Gasteiger charge is 2.13. The Bertz CT molecular complexity index is 807. The molecule has 0 aliphatic heterocycles. The minimum Gasteiger partial charge on any atom is -0.823 e. The predicted octanol–water partition coefficient (Wildman–Crippen LogP) is 4.09. The molecule has 0 unspecified atom stereocenters. The zero-order valence-corrected chi connectivity index (χ0v) is 18.8. The van der Waals surface area contributed by atoms with Crippen molar-refractivity contribution in [3.63, 3.8) is 0 Å². The van der Waals surface area contributed by atoms with Crippen LogP contribution in [-0.2, 0) is 0 Å². The van der Waals surface area contributed by atoms with E-state index in [9.17, 15) is 5.11 Å². The standard InChI is InChI=1S/C23H31O5P/c1-6-7-8-9-12-28-17-10-11-21(16(2)13-17)29-23(24)22-19(26-4)14-18(25-3)15-20(22)27-5/h10-11,13-15,24H,6-9,12H2,1-5H3/p-1. The van der Waals surface area contributed by atoms with Crippen molar-refractivity contribution in [2.45, 2.75) is 39.5 Å². The average molecular weight is 417 g/mol. The molecule has 0 aromatic heterocycles. The summed E-state index contributed by atoms with van der Waals surface area (Å²) in [4.78, 5) is 0. The molecule has 158 valence electrons. The highest BCUT2D eigenvalue weighted by Crippen LogP contribution is 2.35. The minimum absolute atomic E-state index is 0.0994. The lowest BCUT2D eigenvalue weighted by molar-refractivity contribution is -0.207. The van der Waals surface area contributed by atoms with E-state index < -0.39 is 0 Å². The quantitative estimate of drug-likeness (QED) is 0.407. The Kier molecular flexibility index (Phi) is 9.30. The Morgan fingerprint density at radius 2 is 1.59 bits per heavy atom. The molecule has 0 amide bonds. The van der Waals surface area contributed by atoms with Crippen molar-refractivity contribution < 1.29 is 24.1 Å². The van der Waals surface area contributed by atoms with Crippen LogP contribution in [0.3, 0.4) is 0 Å². The fraction of sp³-hybridized carbons (Fsp3) is 0.435. The number of unbranched alkanes of at least 4 members (excludes halogenated alkanes) is 3. The van der Waals surface area contributed by atoms with Crippen LogP contribution in [0.25, 0.3) is 0 Å². The molecule has 6 heteroatoms. The molecule has 0 fully saturated rings. The summed E-state index contributed by atoms with van der Waals surface area (Å²) in [6, 6.07) is 9.22. The summed E-state index contributed by atoms with van der Waals surface area (Å²) < 4.78 is 21.9. The number of rotatable bonds is 11. The topological polar surface area (TPSA) is 60.0 Å². The molecule has 0 bridgehead atoms. The van der Waals surface area contributed by atoms with Crippen LogP contribution in [0, 0.1) is 6.92 Å². The highest BCUT2D eigenvalue weighted by molar-refractivity contribution is 7.49. The molecule has 0 saturated heterocycles. The van der Waals surface area contributed by atoms with Gasteiger partial charge in [0.05, 0.1) is 33.5 Å². The summed E-state index contributed by atoms with van der Waals surface area (Å²) in [5.41, 5.74) is 1.32. The SMILES string of the molecule is CCCCCCOc1ccc(P=C([O-])c2c(OC)cc(OC)cc2OC)c(C)c1. The van der Waals surface area contributed by atoms with E-state index in [1.165, 1.54) is 33.5 Å². The number of hydrogen-bond donors (Lipinski definition) is 0. The first-order chi connectivity index (χ1) is 14.0. The van der Waals surface area contributed by atoms with Gasteiger partial charge in [-0.3, -0.25) is 0 Å². The number of hydrogen-bond acceptors (Lipinski definition) is 5. The number of methoxy groups -OCH3 is 3. The van der Waals surface area contributed by atoms with Gasteiger partial charge in [-0.15, -0.1) is 0 Å². The van der Waals surface area contributed by atoms with Gasteiger partial charge in [-0.25, -0.2) is 0 Å². The van der Waals surface area contributed by atoms with Crippen molar-refractivity contribution in [3.8, 4) is 23.0 Å². The van der Waals surface area contributed by atoms with Gasteiger partial charge >= 0.3 is 0 Å². The summed E-state index contributed by atoms with van der Waals surface area (Å²) in [5.74, 6) is 2.28. The monoisotopic (exact) mass is 417 g/mol. The van der Waals surface area contributed by atoms with Crippen molar-refractivity contribution in [1.82, 2.24) is 0 Å². The van der Waals surface area contributed by atoms with Gasteiger partial charge in [0.1, 0.15) is 23.0 Å². The van der Waals surface area contributed by atoms with Gasteiger partial charge in [0.2, 0.25) is 0 Å². The molecule has 0 saturated carbocycles. The number of ether oxygens (including phenoxy) is 4. The normalized spacial score (nSPS) is 11.3. The lowest BCUT2D eigenvalue weighted by Gasteiger charge is -2.20. The molecule has 0 spiro atoms. The summed E-state index contributed by atoms with van der Waals surface area (Å²) in [6.07, 6.45) is 4.69. The zero-order valence-electron chi connectivity index (χ0n) is 17.9. The lowest BCUT2D eigenvalue weighted by atomic mass is 10.1. The molecule has 2 aromatic carbocycles. The van der Waals surface area contributed by atoms with E-state index in [2.05, 4.69) is 6.92 Å². The summed E-state index contributed by atoms with van der Waals surface area (Å²) in [6.45, 7) is 4.90. The largest absolute Gasteiger partial charge is 0.823 e. The number of aryl methyl sites for hydroxylation is 1. The van der Waals surface area contributed by atoms with Crippen LogP contribution in [0.2, 0.25) is 0 Å². The second-order valence-electron chi connectivity index (χ2n) is 6.68. The maximum atomic E-state index is 13.0. The van der Waals surface area contributed by atoms with Gasteiger partial charge in [-0.1, -0.05) is 39.9 Å². The minimum atomic E-state index is -0.0994. The maximum absolute atomic E-state index is 13.0. The van der Waals surface area contributed by atoms with Gasteiger partial charge in [0.15, 0.2) is 0 Å². The first kappa shape index (κ1) is 23.1. The first-order valence-electron chi connectivity index (χ1n) is 9.83. The Morgan fingerprint density at radius 3 is 2.14 bits per heavy atom. The van der Waals surface area contributed by atoms with Crippen LogP contribution in [0.1, 0.15) is 43.7 Å². The maximum Gasteiger partial charge on any atom is 0.132 e. The number of benzene rings is 2. The average Bonchev–Trinajstić information content (AvgIpc) is 2.74. The van der Waals surface area contributed by atoms with E-state index in [-0.39, 0.29) is 5.48 Å². The van der Waals surface area contributed by atoms with Crippen molar-refractivity contribution in [2.24, 2.45) is 0 Å².